The molecule has 2 heterocycles. The third kappa shape index (κ3) is 3.55. The SMILES string of the molecule is Cc1ccc(S(=O)n2ncc3c(B4OC(C)(C)C(C)(C)O4)c(C)ccc32)cc1.O. The smallest absolute Gasteiger partial charge is 0.412 e. The predicted octanol–water partition coefficient (Wildman–Crippen LogP) is 2.70. The highest BCUT2D eigenvalue weighted by molar-refractivity contribution is 7.83. The molecule has 0 bridgehead atoms. The summed E-state index contributed by atoms with van der Waals surface area (Å²) in [5, 5.41) is 5.35. The first-order valence-corrected chi connectivity index (χ1v) is 10.5. The van der Waals surface area contributed by atoms with Gasteiger partial charge in [0, 0.05) is 5.39 Å². The van der Waals surface area contributed by atoms with Gasteiger partial charge in [-0.3, -0.25) is 0 Å². The van der Waals surface area contributed by atoms with Gasteiger partial charge in [0.2, 0.25) is 0 Å². The first-order valence-electron chi connectivity index (χ1n) is 9.42. The lowest BCUT2D eigenvalue weighted by atomic mass is 9.74. The average Bonchev–Trinajstić information content (AvgIpc) is 3.12. The fourth-order valence-corrected chi connectivity index (χ4v) is 4.41. The maximum atomic E-state index is 13.1. The van der Waals surface area contributed by atoms with Gasteiger partial charge in [0.05, 0.1) is 27.8 Å². The quantitative estimate of drug-likeness (QED) is 0.617. The topological polar surface area (TPSA) is 84.9 Å². The summed E-state index contributed by atoms with van der Waals surface area (Å²) in [6.45, 7) is 12.2. The van der Waals surface area contributed by atoms with Gasteiger partial charge >= 0.3 is 7.12 Å². The Morgan fingerprint density at radius 1 is 0.966 bits per heavy atom. The molecule has 0 radical (unpaired) electrons. The minimum absolute atomic E-state index is 0. The van der Waals surface area contributed by atoms with E-state index in [1.165, 1.54) is 0 Å². The third-order valence-corrected chi connectivity index (χ3v) is 7.13. The molecule has 3 aromatic rings. The molecule has 1 aliphatic rings. The van der Waals surface area contributed by atoms with Crippen LogP contribution in [-0.4, -0.2) is 37.2 Å². The van der Waals surface area contributed by atoms with Gasteiger partial charge in [-0.15, -0.1) is 0 Å². The maximum absolute atomic E-state index is 13.1. The van der Waals surface area contributed by atoms with Crippen LogP contribution in [0.2, 0.25) is 0 Å². The van der Waals surface area contributed by atoms with Crippen molar-refractivity contribution in [2.75, 3.05) is 0 Å². The molecular formula is C21H27BN2O4S. The Hall–Kier alpha value is -2.00. The Morgan fingerprint density at radius 2 is 1.55 bits per heavy atom. The van der Waals surface area contributed by atoms with Crippen molar-refractivity contribution in [1.82, 2.24) is 9.19 Å². The van der Waals surface area contributed by atoms with Crippen LogP contribution in [0.4, 0.5) is 0 Å². The fourth-order valence-electron chi connectivity index (χ4n) is 3.37. The second kappa shape index (κ2) is 7.36. The van der Waals surface area contributed by atoms with Gasteiger partial charge in [0.15, 0.2) is 11.0 Å². The van der Waals surface area contributed by atoms with E-state index in [4.69, 9.17) is 9.31 Å². The van der Waals surface area contributed by atoms with E-state index in [2.05, 4.69) is 5.10 Å². The molecule has 0 spiro atoms. The summed E-state index contributed by atoms with van der Waals surface area (Å²) in [6, 6.07) is 11.6. The van der Waals surface area contributed by atoms with Gasteiger partial charge in [0.25, 0.3) is 0 Å². The van der Waals surface area contributed by atoms with E-state index < -0.39 is 29.3 Å². The van der Waals surface area contributed by atoms with Crippen LogP contribution in [-0.2, 0) is 20.3 Å². The second-order valence-corrected chi connectivity index (χ2v) is 9.71. The first kappa shape index (κ1) is 21.7. The summed E-state index contributed by atoms with van der Waals surface area (Å²) in [5.41, 5.74) is 3.09. The van der Waals surface area contributed by atoms with Gasteiger partial charge in [-0.05, 0) is 65.2 Å². The van der Waals surface area contributed by atoms with Crippen molar-refractivity contribution < 1.29 is 19.0 Å². The molecule has 1 aromatic heterocycles. The monoisotopic (exact) mass is 414 g/mol. The molecule has 4 rings (SSSR count). The van der Waals surface area contributed by atoms with Crippen LogP contribution in [0, 0.1) is 13.8 Å². The molecular weight excluding hydrogens is 387 g/mol. The maximum Gasteiger partial charge on any atom is 0.495 e. The van der Waals surface area contributed by atoms with E-state index in [0.29, 0.717) is 4.90 Å². The first-order chi connectivity index (χ1) is 13.1. The fraction of sp³-hybridized carbons (Fsp3) is 0.381. The normalized spacial score (nSPS) is 18.6. The van der Waals surface area contributed by atoms with Crippen molar-refractivity contribution in [2.45, 2.75) is 57.6 Å². The molecule has 1 aliphatic heterocycles. The van der Waals surface area contributed by atoms with Crippen LogP contribution < -0.4 is 5.46 Å². The zero-order valence-electron chi connectivity index (χ0n) is 17.6. The Labute approximate surface area is 174 Å². The molecule has 8 heteroatoms. The van der Waals surface area contributed by atoms with Gasteiger partial charge < -0.3 is 14.8 Å². The zero-order valence-corrected chi connectivity index (χ0v) is 18.5. The summed E-state index contributed by atoms with van der Waals surface area (Å²) in [6.07, 6.45) is 1.76. The van der Waals surface area contributed by atoms with E-state index in [-0.39, 0.29) is 5.48 Å². The number of rotatable bonds is 3. The molecule has 2 N–H and O–H groups in total. The molecule has 0 amide bonds. The van der Waals surface area contributed by atoms with E-state index in [9.17, 15) is 4.21 Å². The van der Waals surface area contributed by atoms with E-state index >= 15 is 0 Å². The Balaban J connectivity index is 0.00000240. The summed E-state index contributed by atoms with van der Waals surface area (Å²) >= 11 is 0. The number of fused-ring (bicyclic) bond motifs is 1. The zero-order chi connectivity index (χ0) is 20.3. The average molecular weight is 414 g/mol. The summed E-state index contributed by atoms with van der Waals surface area (Å²) in [7, 11) is -1.91. The lowest BCUT2D eigenvalue weighted by molar-refractivity contribution is 0.00578. The highest BCUT2D eigenvalue weighted by Crippen LogP contribution is 2.37. The minimum atomic E-state index is -1.42. The standard InChI is InChI=1S/C21H25BN2O3S.H2O/c1-14-7-10-16(11-8-14)28(25)24-18-12-9-15(2)19(17(18)13-23-24)22-26-20(3,4)21(5,6)27-22;/h7-13H,1-6H3;1H2. The van der Waals surface area contributed by atoms with Crippen LogP contribution >= 0.6 is 0 Å². The molecule has 29 heavy (non-hydrogen) atoms. The Morgan fingerprint density at radius 3 is 2.14 bits per heavy atom. The molecule has 0 saturated carbocycles. The van der Waals surface area contributed by atoms with Crippen molar-refractivity contribution in [2.24, 2.45) is 0 Å². The molecule has 1 atom stereocenters. The molecule has 0 aliphatic carbocycles. The van der Waals surface area contributed by atoms with Crippen molar-refractivity contribution >= 4 is 34.5 Å². The van der Waals surface area contributed by atoms with Crippen LogP contribution in [0.5, 0.6) is 0 Å². The minimum Gasteiger partial charge on any atom is -0.412 e. The van der Waals surface area contributed by atoms with Crippen LogP contribution in [0.3, 0.4) is 0 Å². The summed E-state index contributed by atoms with van der Waals surface area (Å²) < 4.78 is 27.2. The van der Waals surface area contributed by atoms with Crippen molar-refractivity contribution in [1.29, 1.82) is 0 Å². The highest BCUT2D eigenvalue weighted by Gasteiger charge is 2.52. The molecule has 154 valence electrons. The van der Waals surface area contributed by atoms with E-state index in [1.54, 1.807) is 10.3 Å². The Bertz CT molecular complexity index is 1060. The van der Waals surface area contributed by atoms with Crippen molar-refractivity contribution in [3.8, 4) is 0 Å². The van der Waals surface area contributed by atoms with E-state index in [1.807, 2.05) is 77.9 Å². The molecule has 1 fully saturated rings. The lowest BCUT2D eigenvalue weighted by Gasteiger charge is -2.32. The number of hydrogen-bond donors (Lipinski definition) is 0. The number of nitrogens with zero attached hydrogens (tertiary/aromatic N) is 2. The lowest BCUT2D eigenvalue weighted by Crippen LogP contribution is -2.41. The van der Waals surface area contributed by atoms with Gasteiger partial charge in [-0.25, -0.2) is 4.21 Å². The van der Waals surface area contributed by atoms with Gasteiger partial charge in [-0.1, -0.05) is 29.3 Å². The highest BCUT2D eigenvalue weighted by atomic mass is 32.2. The molecule has 1 saturated heterocycles. The number of benzene rings is 2. The van der Waals surface area contributed by atoms with Crippen LogP contribution in [0.15, 0.2) is 47.5 Å². The number of aromatic nitrogens is 2. The number of aryl methyl sites for hydroxylation is 2. The Kier molecular flexibility index (Phi) is 5.51. The van der Waals surface area contributed by atoms with Gasteiger partial charge in [0.1, 0.15) is 0 Å². The third-order valence-electron chi connectivity index (χ3n) is 5.85. The van der Waals surface area contributed by atoms with Crippen LogP contribution in [0.25, 0.3) is 10.9 Å². The molecule has 2 aromatic carbocycles. The largest absolute Gasteiger partial charge is 0.495 e. The predicted molar refractivity (Wildman–Crippen MR) is 117 cm³/mol. The van der Waals surface area contributed by atoms with Crippen molar-refractivity contribution in [3.05, 3.63) is 53.7 Å². The number of hydrogen-bond acceptors (Lipinski definition) is 4. The van der Waals surface area contributed by atoms with Gasteiger partial charge in [-0.2, -0.15) is 9.19 Å². The van der Waals surface area contributed by atoms with E-state index in [0.717, 1.165) is 27.5 Å². The summed E-state index contributed by atoms with van der Waals surface area (Å²) in [5.74, 6) is 0. The molecule has 6 nitrogen and oxygen atoms in total. The second-order valence-electron chi connectivity index (χ2n) is 8.40. The van der Waals surface area contributed by atoms with Crippen molar-refractivity contribution in [3.63, 3.8) is 0 Å². The van der Waals surface area contributed by atoms with Crippen LogP contribution in [0.1, 0.15) is 38.8 Å². The molecule has 1 unspecified atom stereocenters. The summed E-state index contributed by atoms with van der Waals surface area (Å²) in [4.78, 5) is 0.716.